The SMILES string of the molecule is C=C(C(=O)O)C(CC)C(F)(F)C(F)(F)C(F)(F)C(F)(F)C(F)(F)C(F)(F)C(F)(F)C(F)(F)F. The quantitative estimate of drug-likeness (QED) is 0.253. The van der Waals surface area contributed by atoms with Gasteiger partial charge in [-0.1, -0.05) is 13.5 Å². The van der Waals surface area contributed by atoms with Crippen molar-refractivity contribution in [3.63, 3.8) is 0 Å². The predicted octanol–water partition coefficient (Wildman–Crippen LogP) is 6.66. The molecule has 0 aromatic heterocycles. The first-order valence-electron chi connectivity index (χ1n) is 7.69. The van der Waals surface area contributed by atoms with Crippen LogP contribution < -0.4 is 0 Å². The second-order valence-electron chi connectivity index (χ2n) is 6.36. The molecule has 19 heteroatoms. The van der Waals surface area contributed by atoms with E-state index in [4.69, 9.17) is 5.11 Å². The zero-order chi connectivity index (χ0) is 27.4. The molecule has 0 bridgehead atoms. The minimum atomic E-state index is -8.73. The number of alkyl halides is 17. The molecule has 0 aromatic rings. The molecule has 0 spiro atoms. The Labute approximate surface area is 171 Å². The number of carboxylic acid groups (broad SMARTS) is 1. The average molecular weight is 532 g/mol. The summed E-state index contributed by atoms with van der Waals surface area (Å²) in [5, 5.41) is 8.45. The Kier molecular flexibility index (Phi) is 7.57. The van der Waals surface area contributed by atoms with E-state index in [1.807, 2.05) is 0 Å². The molecular formula is C14H9F17O2. The lowest BCUT2D eigenvalue weighted by molar-refractivity contribution is -0.463. The van der Waals surface area contributed by atoms with Crippen molar-refractivity contribution in [3.05, 3.63) is 12.2 Å². The maximum absolute atomic E-state index is 14.0. The third-order valence-electron chi connectivity index (χ3n) is 4.29. The fourth-order valence-electron chi connectivity index (χ4n) is 2.27. The highest BCUT2D eigenvalue weighted by atomic mass is 19.4. The van der Waals surface area contributed by atoms with Crippen LogP contribution in [0.25, 0.3) is 0 Å². The average Bonchev–Trinajstić information content (AvgIpc) is 2.59. The molecular weight excluding hydrogens is 523 g/mol. The van der Waals surface area contributed by atoms with Gasteiger partial charge in [-0.25, -0.2) is 4.79 Å². The molecule has 0 aromatic carbocycles. The van der Waals surface area contributed by atoms with Crippen LogP contribution in [0.4, 0.5) is 74.6 Å². The summed E-state index contributed by atoms with van der Waals surface area (Å²) in [4.78, 5) is 10.6. The van der Waals surface area contributed by atoms with Crippen molar-refractivity contribution in [1.82, 2.24) is 0 Å². The van der Waals surface area contributed by atoms with Crippen molar-refractivity contribution in [2.75, 3.05) is 0 Å². The third kappa shape index (κ3) is 3.97. The van der Waals surface area contributed by atoms with Gasteiger partial charge in [0.2, 0.25) is 0 Å². The Morgan fingerprint density at radius 2 is 0.909 bits per heavy atom. The van der Waals surface area contributed by atoms with Gasteiger partial charge < -0.3 is 5.11 Å². The summed E-state index contributed by atoms with van der Waals surface area (Å²) in [7, 11) is 0. The molecule has 1 atom stereocenters. The molecule has 1 unspecified atom stereocenters. The van der Waals surface area contributed by atoms with Crippen LogP contribution in [0.15, 0.2) is 12.2 Å². The van der Waals surface area contributed by atoms with Gasteiger partial charge in [0.05, 0.1) is 5.92 Å². The number of rotatable bonds is 10. The standard InChI is InChI=1S/C14H9F17O2/c1-3-5(4(2)6(32)33)7(15,16)8(17,18)9(19,20)10(21,22)11(23,24)12(25,26)13(27,28)14(29,30)31/h5H,2-3H2,1H3,(H,32,33). The lowest BCUT2D eigenvalue weighted by Crippen LogP contribution is -2.75. The van der Waals surface area contributed by atoms with Gasteiger partial charge in [0.1, 0.15) is 0 Å². The molecule has 0 saturated heterocycles. The minimum Gasteiger partial charge on any atom is -0.478 e. The molecule has 0 aliphatic carbocycles. The van der Waals surface area contributed by atoms with Gasteiger partial charge in [-0.2, -0.15) is 74.6 Å². The van der Waals surface area contributed by atoms with Crippen LogP contribution in [0.1, 0.15) is 13.3 Å². The normalized spacial score (nSPS) is 16.5. The Balaban J connectivity index is 6.94. The Hall–Kier alpha value is -1.98. The number of hydrogen-bond donors (Lipinski definition) is 1. The minimum absolute atomic E-state index is 0.353. The summed E-state index contributed by atoms with van der Waals surface area (Å²) < 4.78 is 224. The molecule has 0 rings (SSSR count). The zero-order valence-electron chi connectivity index (χ0n) is 15.3. The summed E-state index contributed by atoms with van der Waals surface area (Å²) >= 11 is 0. The first-order valence-corrected chi connectivity index (χ1v) is 7.69. The smallest absolute Gasteiger partial charge is 0.460 e. The van der Waals surface area contributed by atoms with Gasteiger partial charge in [0.15, 0.2) is 0 Å². The largest absolute Gasteiger partial charge is 0.478 e. The summed E-state index contributed by atoms with van der Waals surface area (Å²) in [6, 6.07) is 0. The molecule has 2 nitrogen and oxygen atoms in total. The van der Waals surface area contributed by atoms with E-state index in [0.717, 1.165) is 0 Å². The molecule has 0 amide bonds. The van der Waals surface area contributed by atoms with Crippen molar-refractivity contribution in [1.29, 1.82) is 0 Å². The first-order chi connectivity index (χ1) is 14.1. The number of hydrogen-bond acceptors (Lipinski definition) is 1. The van der Waals surface area contributed by atoms with Crippen LogP contribution in [0, 0.1) is 5.92 Å². The van der Waals surface area contributed by atoms with E-state index in [0.29, 0.717) is 6.92 Å². The number of carboxylic acids is 1. The number of aliphatic carboxylic acids is 1. The lowest BCUT2D eigenvalue weighted by Gasteiger charge is -2.44. The summed E-state index contributed by atoms with van der Waals surface area (Å²) in [6.45, 7) is 2.61. The van der Waals surface area contributed by atoms with E-state index in [1.165, 1.54) is 0 Å². The van der Waals surface area contributed by atoms with Crippen LogP contribution in [0.3, 0.4) is 0 Å². The molecule has 0 aliphatic rings. The Morgan fingerprint density at radius 3 is 1.15 bits per heavy atom. The highest BCUT2D eigenvalue weighted by Crippen LogP contribution is 2.64. The van der Waals surface area contributed by atoms with Crippen molar-refractivity contribution < 1.29 is 84.5 Å². The van der Waals surface area contributed by atoms with Crippen molar-refractivity contribution in [2.45, 2.75) is 61.0 Å². The third-order valence-corrected chi connectivity index (χ3v) is 4.29. The molecule has 0 aliphatic heterocycles. The van der Waals surface area contributed by atoms with Gasteiger partial charge in [-0.15, -0.1) is 0 Å². The molecule has 33 heavy (non-hydrogen) atoms. The van der Waals surface area contributed by atoms with E-state index in [1.54, 1.807) is 0 Å². The Bertz CT molecular complexity index is 764. The maximum atomic E-state index is 14.0. The molecule has 1 N–H and O–H groups in total. The summed E-state index contributed by atoms with van der Waals surface area (Å²) in [6.07, 6.45) is -9.47. The number of carbonyl (C=O) groups is 1. The van der Waals surface area contributed by atoms with E-state index < -0.39 is 71.5 Å². The van der Waals surface area contributed by atoms with E-state index in [-0.39, 0.29) is 0 Å². The van der Waals surface area contributed by atoms with Gasteiger partial charge in [-0.3, -0.25) is 0 Å². The number of halogens is 17. The van der Waals surface area contributed by atoms with E-state index in [9.17, 15) is 79.4 Å². The lowest BCUT2D eigenvalue weighted by atomic mass is 9.81. The van der Waals surface area contributed by atoms with E-state index >= 15 is 0 Å². The zero-order valence-corrected chi connectivity index (χ0v) is 15.3. The van der Waals surface area contributed by atoms with Crippen molar-refractivity contribution >= 4 is 5.97 Å². The Morgan fingerprint density at radius 1 is 0.636 bits per heavy atom. The molecule has 0 radical (unpaired) electrons. The van der Waals surface area contributed by atoms with Gasteiger partial charge >= 0.3 is 53.6 Å². The van der Waals surface area contributed by atoms with Gasteiger partial charge in [-0.05, 0) is 6.42 Å². The monoisotopic (exact) mass is 532 g/mol. The molecule has 0 saturated carbocycles. The second-order valence-corrected chi connectivity index (χ2v) is 6.36. The summed E-state index contributed by atoms with van der Waals surface area (Å²) in [5.74, 6) is -63.8. The second kappa shape index (κ2) is 8.06. The first kappa shape index (κ1) is 31.0. The maximum Gasteiger partial charge on any atom is 0.460 e. The predicted molar refractivity (Wildman–Crippen MR) is 71.2 cm³/mol. The van der Waals surface area contributed by atoms with Crippen LogP contribution in [-0.2, 0) is 4.79 Å². The highest BCUT2D eigenvalue weighted by molar-refractivity contribution is 5.86. The van der Waals surface area contributed by atoms with Gasteiger partial charge in [0, 0.05) is 5.57 Å². The van der Waals surface area contributed by atoms with Crippen LogP contribution in [-0.4, -0.2) is 58.7 Å². The van der Waals surface area contributed by atoms with Crippen LogP contribution in [0.2, 0.25) is 0 Å². The van der Waals surface area contributed by atoms with Gasteiger partial charge in [0.25, 0.3) is 0 Å². The molecule has 0 heterocycles. The van der Waals surface area contributed by atoms with Crippen LogP contribution in [0.5, 0.6) is 0 Å². The van der Waals surface area contributed by atoms with E-state index in [2.05, 4.69) is 6.58 Å². The van der Waals surface area contributed by atoms with Crippen molar-refractivity contribution in [3.8, 4) is 0 Å². The molecule has 0 fully saturated rings. The molecule has 196 valence electrons. The highest BCUT2D eigenvalue weighted by Gasteiger charge is 2.95. The fraction of sp³-hybridized carbons (Fsp3) is 0.786. The van der Waals surface area contributed by atoms with Crippen molar-refractivity contribution in [2.24, 2.45) is 5.92 Å². The topological polar surface area (TPSA) is 37.3 Å². The summed E-state index contributed by atoms with van der Waals surface area (Å²) in [5.41, 5.74) is -2.08. The fourth-order valence-corrected chi connectivity index (χ4v) is 2.27. The van der Waals surface area contributed by atoms with Crippen LogP contribution >= 0.6 is 0 Å².